The summed E-state index contributed by atoms with van der Waals surface area (Å²) in [6, 6.07) is 0. The Morgan fingerprint density at radius 3 is 3.00 bits per heavy atom. The fourth-order valence-corrected chi connectivity index (χ4v) is 3.60. The summed E-state index contributed by atoms with van der Waals surface area (Å²) in [6.07, 6.45) is 2.65. The SMILES string of the molecule is Cc1nc(CN2CCCC(C)C2)sc1C(N)=S. The van der Waals surface area contributed by atoms with Crippen molar-refractivity contribution in [3.63, 3.8) is 0 Å². The largest absolute Gasteiger partial charge is 0.389 e. The summed E-state index contributed by atoms with van der Waals surface area (Å²) in [5, 5.41) is 1.14. The van der Waals surface area contributed by atoms with E-state index >= 15 is 0 Å². The molecule has 0 radical (unpaired) electrons. The van der Waals surface area contributed by atoms with Crippen LogP contribution in [0.3, 0.4) is 0 Å². The highest BCUT2D eigenvalue weighted by atomic mass is 32.1. The Balaban J connectivity index is 2.03. The number of hydrogen-bond acceptors (Lipinski definition) is 4. The number of nitrogens with zero attached hydrogens (tertiary/aromatic N) is 2. The van der Waals surface area contributed by atoms with Crippen LogP contribution < -0.4 is 5.73 Å². The van der Waals surface area contributed by atoms with Crippen LogP contribution in [0.2, 0.25) is 0 Å². The molecule has 1 fully saturated rings. The number of aromatic nitrogens is 1. The quantitative estimate of drug-likeness (QED) is 0.855. The Bertz CT molecular complexity index is 414. The van der Waals surface area contributed by atoms with Gasteiger partial charge in [-0.1, -0.05) is 19.1 Å². The van der Waals surface area contributed by atoms with E-state index in [4.69, 9.17) is 18.0 Å². The molecule has 17 heavy (non-hydrogen) atoms. The van der Waals surface area contributed by atoms with Gasteiger partial charge in [-0.15, -0.1) is 11.3 Å². The lowest BCUT2D eigenvalue weighted by Gasteiger charge is -2.29. The average molecular weight is 269 g/mol. The molecule has 0 bridgehead atoms. The number of hydrogen-bond donors (Lipinski definition) is 1. The van der Waals surface area contributed by atoms with Gasteiger partial charge in [-0.2, -0.15) is 0 Å². The van der Waals surface area contributed by atoms with E-state index in [0.717, 1.165) is 28.0 Å². The zero-order valence-corrected chi connectivity index (χ0v) is 12.0. The molecule has 5 heteroatoms. The number of thiocarbonyl (C=S) groups is 1. The molecule has 2 rings (SSSR count). The second-order valence-corrected chi connectivity index (χ2v) is 6.39. The normalized spacial score (nSPS) is 21.6. The molecular formula is C12H19N3S2. The highest BCUT2D eigenvalue weighted by Gasteiger charge is 2.18. The number of thiazole rings is 1. The van der Waals surface area contributed by atoms with Gasteiger partial charge in [0.2, 0.25) is 0 Å². The van der Waals surface area contributed by atoms with Gasteiger partial charge in [-0.3, -0.25) is 4.90 Å². The summed E-state index contributed by atoms with van der Waals surface area (Å²) in [5.41, 5.74) is 6.65. The van der Waals surface area contributed by atoms with Crippen molar-refractivity contribution < 1.29 is 0 Å². The van der Waals surface area contributed by atoms with Gasteiger partial charge in [0.1, 0.15) is 10.00 Å². The van der Waals surface area contributed by atoms with E-state index in [1.807, 2.05) is 6.92 Å². The highest BCUT2D eigenvalue weighted by Crippen LogP contribution is 2.22. The minimum absolute atomic E-state index is 0.471. The number of nitrogens with two attached hydrogens (primary N) is 1. The van der Waals surface area contributed by atoms with Gasteiger partial charge in [0.25, 0.3) is 0 Å². The van der Waals surface area contributed by atoms with Gasteiger partial charge in [0.15, 0.2) is 0 Å². The molecule has 0 aliphatic carbocycles. The second-order valence-electron chi connectivity index (χ2n) is 4.87. The van der Waals surface area contributed by atoms with Crippen LogP contribution in [-0.2, 0) is 6.54 Å². The van der Waals surface area contributed by atoms with Crippen LogP contribution in [0.5, 0.6) is 0 Å². The number of rotatable bonds is 3. The number of likely N-dealkylation sites (tertiary alicyclic amines) is 1. The fourth-order valence-electron chi connectivity index (χ4n) is 2.37. The highest BCUT2D eigenvalue weighted by molar-refractivity contribution is 7.81. The van der Waals surface area contributed by atoms with Gasteiger partial charge in [-0.05, 0) is 32.2 Å². The molecule has 94 valence electrons. The zero-order chi connectivity index (χ0) is 12.4. The van der Waals surface area contributed by atoms with E-state index in [1.165, 1.54) is 25.9 Å². The first-order valence-corrected chi connectivity index (χ1v) is 7.27. The van der Waals surface area contributed by atoms with Crippen LogP contribution in [0.1, 0.15) is 35.3 Å². The Morgan fingerprint density at radius 1 is 1.65 bits per heavy atom. The van der Waals surface area contributed by atoms with Gasteiger partial charge in [-0.25, -0.2) is 4.98 Å². The molecular weight excluding hydrogens is 250 g/mol. The summed E-state index contributed by atoms with van der Waals surface area (Å²) in [6.45, 7) is 7.61. The third kappa shape index (κ3) is 3.24. The van der Waals surface area contributed by atoms with Crippen LogP contribution in [0.4, 0.5) is 0 Å². The minimum Gasteiger partial charge on any atom is -0.389 e. The summed E-state index contributed by atoms with van der Waals surface area (Å²) in [5.74, 6) is 0.805. The maximum atomic E-state index is 5.67. The van der Waals surface area contributed by atoms with Gasteiger partial charge >= 0.3 is 0 Å². The van der Waals surface area contributed by atoms with E-state index in [0.29, 0.717) is 4.99 Å². The Morgan fingerprint density at radius 2 is 2.41 bits per heavy atom. The second kappa shape index (κ2) is 5.42. The maximum absolute atomic E-state index is 5.67. The van der Waals surface area contributed by atoms with Gasteiger partial charge < -0.3 is 5.73 Å². The third-order valence-corrected chi connectivity index (χ3v) is 4.67. The van der Waals surface area contributed by atoms with E-state index in [-0.39, 0.29) is 0 Å². The zero-order valence-electron chi connectivity index (χ0n) is 10.4. The number of piperidine rings is 1. The summed E-state index contributed by atoms with van der Waals surface area (Å²) in [4.78, 5) is 8.49. The smallest absolute Gasteiger partial charge is 0.116 e. The maximum Gasteiger partial charge on any atom is 0.116 e. The topological polar surface area (TPSA) is 42.2 Å². The molecule has 1 atom stereocenters. The molecule has 0 amide bonds. The standard InChI is InChI=1S/C12H19N3S2/c1-8-4-3-5-15(6-8)7-10-14-9(2)11(17-10)12(13)16/h8H,3-7H2,1-2H3,(H2,13,16). The van der Waals surface area contributed by atoms with Crippen LogP contribution in [0.15, 0.2) is 0 Å². The minimum atomic E-state index is 0.471. The first-order chi connectivity index (χ1) is 8.06. The molecule has 1 saturated heterocycles. The first kappa shape index (κ1) is 12.9. The van der Waals surface area contributed by atoms with Crippen molar-refractivity contribution in [2.24, 2.45) is 11.7 Å². The van der Waals surface area contributed by atoms with Crippen molar-refractivity contribution in [1.29, 1.82) is 0 Å². The van der Waals surface area contributed by atoms with Crippen molar-refractivity contribution in [2.75, 3.05) is 13.1 Å². The molecule has 1 aromatic rings. The molecule has 3 nitrogen and oxygen atoms in total. The Labute approximate surface area is 112 Å². The Kier molecular flexibility index (Phi) is 4.12. The molecule has 2 heterocycles. The van der Waals surface area contributed by atoms with E-state index in [1.54, 1.807) is 11.3 Å². The molecule has 1 aliphatic rings. The molecule has 0 saturated carbocycles. The van der Waals surface area contributed by atoms with Crippen LogP contribution in [0, 0.1) is 12.8 Å². The van der Waals surface area contributed by atoms with E-state index in [9.17, 15) is 0 Å². The van der Waals surface area contributed by atoms with Gasteiger partial charge in [0.05, 0.1) is 17.1 Å². The monoisotopic (exact) mass is 269 g/mol. The third-order valence-electron chi connectivity index (χ3n) is 3.16. The van der Waals surface area contributed by atoms with Crippen molar-refractivity contribution >= 4 is 28.5 Å². The van der Waals surface area contributed by atoms with Crippen LogP contribution in [-0.4, -0.2) is 28.0 Å². The summed E-state index contributed by atoms with van der Waals surface area (Å²) in [7, 11) is 0. The van der Waals surface area contributed by atoms with E-state index in [2.05, 4.69) is 16.8 Å². The molecule has 1 aliphatic heterocycles. The van der Waals surface area contributed by atoms with Gasteiger partial charge in [0, 0.05) is 6.54 Å². The van der Waals surface area contributed by atoms with Crippen molar-refractivity contribution in [1.82, 2.24) is 9.88 Å². The molecule has 2 N–H and O–H groups in total. The van der Waals surface area contributed by atoms with Crippen molar-refractivity contribution in [3.05, 3.63) is 15.6 Å². The Hall–Kier alpha value is -0.520. The lowest BCUT2D eigenvalue weighted by molar-refractivity contribution is 0.176. The number of aryl methyl sites for hydroxylation is 1. The summed E-state index contributed by atoms with van der Waals surface area (Å²) < 4.78 is 0. The lowest BCUT2D eigenvalue weighted by Crippen LogP contribution is -2.33. The lowest BCUT2D eigenvalue weighted by atomic mass is 10.0. The predicted octanol–water partition coefficient (Wildman–Crippen LogP) is 2.32. The van der Waals surface area contributed by atoms with Crippen molar-refractivity contribution in [3.8, 4) is 0 Å². The predicted molar refractivity (Wildman–Crippen MR) is 76.4 cm³/mol. The van der Waals surface area contributed by atoms with Crippen LogP contribution in [0.25, 0.3) is 0 Å². The fraction of sp³-hybridized carbons (Fsp3) is 0.667. The molecule has 0 spiro atoms. The van der Waals surface area contributed by atoms with Crippen molar-refractivity contribution in [2.45, 2.75) is 33.2 Å². The molecule has 1 unspecified atom stereocenters. The van der Waals surface area contributed by atoms with E-state index < -0.39 is 0 Å². The first-order valence-electron chi connectivity index (χ1n) is 6.04. The average Bonchev–Trinajstić information content (AvgIpc) is 2.59. The van der Waals surface area contributed by atoms with Crippen LogP contribution >= 0.6 is 23.6 Å². The molecule has 0 aromatic carbocycles. The molecule has 1 aromatic heterocycles. The summed E-state index contributed by atoms with van der Waals surface area (Å²) >= 11 is 6.66.